The first-order valence-corrected chi connectivity index (χ1v) is 7.73. The van der Waals surface area contributed by atoms with Crippen molar-refractivity contribution in [2.45, 2.75) is 77.3 Å². The molecule has 0 spiro atoms. The maximum Gasteiger partial charge on any atom is 0.318 e. The summed E-state index contributed by atoms with van der Waals surface area (Å²) in [6.45, 7) is 7.51. The van der Waals surface area contributed by atoms with Crippen LogP contribution in [0.3, 0.4) is 0 Å². The molecule has 1 saturated carbocycles. The quantitative estimate of drug-likeness (QED) is 0.771. The van der Waals surface area contributed by atoms with E-state index in [9.17, 15) is 4.79 Å². The van der Waals surface area contributed by atoms with Crippen LogP contribution in [0, 0.1) is 0 Å². The summed E-state index contributed by atoms with van der Waals surface area (Å²) < 4.78 is 0. The lowest BCUT2D eigenvalue weighted by Crippen LogP contribution is -2.52. The molecule has 0 aromatic carbocycles. The minimum absolute atomic E-state index is 0.0767. The van der Waals surface area contributed by atoms with Crippen molar-refractivity contribution < 1.29 is 4.79 Å². The highest BCUT2D eigenvalue weighted by Crippen LogP contribution is 2.22. The number of amides is 2. The molecule has 1 aliphatic rings. The first kappa shape index (κ1) is 16.3. The van der Waals surface area contributed by atoms with Crippen molar-refractivity contribution >= 4 is 6.03 Å². The topological polar surface area (TPSA) is 58.4 Å². The molecule has 1 rings (SSSR count). The van der Waals surface area contributed by atoms with Gasteiger partial charge in [0.15, 0.2) is 0 Å². The summed E-state index contributed by atoms with van der Waals surface area (Å²) in [6, 6.07) is 0.476. The van der Waals surface area contributed by atoms with E-state index in [1.165, 1.54) is 25.7 Å². The molecule has 0 saturated heterocycles. The molecule has 0 aliphatic heterocycles. The second-order valence-electron chi connectivity index (χ2n) is 6.66. The zero-order valence-corrected chi connectivity index (χ0v) is 12.9. The van der Waals surface area contributed by atoms with Gasteiger partial charge in [-0.25, -0.2) is 4.79 Å². The Morgan fingerprint density at radius 1 is 1.21 bits per heavy atom. The summed E-state index contributed by atoms with van der Waals surface area (Å²) in [6.07, 6.45) is 8.27. The molecule has 0 aromatic rings. The van der Waals surface area contributed by atoms with E-state index in [1.807, 2.05) is 25.7 Å². The smallest absolute Gasteiger partial charge is 0.318 e. The van der Waals surface area contributed by atoms with Crippen LogP contribution in [0.1, 0.15) is 65.7 Å². The Kier molecular flexibility index (Phi) is 6.63. The minimum Gasteiger partial charge on any atom is -0.333 e. The van der Waals surface area contributed by atoms with Crippen LogP contribution in [0.5, 0.6) is 0 Å². The number of urea groups is 1. The molecule has 0 heterocycles. The number of hydrogen-bond donors (Lipinski definition) is 2. The number of carbonyl (C=O) groups is 1. The van der Waals surface area contributed by atoms with Crippen molar-refractivity contribution in [3.05, 3.63) is 0 Å². The molecule has 0 atom stereocenters. The summed E-state index contributed by atoms with van der Waals surface area (Å²) in [5.41, 5.74) is 5.43. The average Bonchev–Trinajstić information content (AvgIpc) is 2.56. The van der Waals surface area contributed by atoms with Crippen LogP contribution in [0.15, 0.2) is 0 Å². The molecule has 2 amide bonds. The SMILES string of the molecule is CC(C)(C)NC(=O)N(CCCN)C1CCCCCC1. The number of nitrogens with one attached hydrogen (secondary N) is 1. The van der Waals surface area contributed by atoms with Gasteiger partial charge in [0, 0.05) is 18.1 Å². The number of rotatable bonds is 4. The fourth-order valence-electron chi connectivity index (χ4n) is 2.67. The van der Waals surface area contributed by atoms with Crippen LogP contribution in [0.25, 0.3) is 0 Å². The molecule has 0 unspecified atom stereocenters. The fourth-order valence-corrected chi connectivity index (χ4v) is 2.67. The lowest BCUT2D eigenvalue weighted by Gasteiger charge is -2.34. The maximum atomic E-state index is 12.5. The lowest BCUT2D eigenvalue weighted by atomic mass is 10.1. The zero-order chi connectivity index (χ0) is 14.3. The fraction of sp³-hybridized carbons (Fsp3) is 0.933. The van der Waals surface area contributed by atoms with Crippen LogP contribution < -0.4 is 11.1 Å². The first-order chi connectivity index (χ1) is 8.94. The molecular weight excluding hydrogens is 238 g/mol. The van der Waals surface area contributed by atoms with Gasteiger partial charge in [-0.2, -0.15) is 0 Å². The second-order valence-corrected chi connectivity index (χ2v) is 6.66. The molecule has 0 aromatic heterocycles. The standard InChI is InChI=1S/C15H31N3O/c1-15(2,3)17-14(19)18(12-8-11-16)13-9-6-4-5-7-10-13/h13H,4-12,16H2,1-3H3,(H,17,19). The molecule has 1 aliphatic carbocycles. The molecular formula is C15H31N3O. The van der Waals surface area contributed by atoms with Crippen LogP contribution in [0.2, 0.25) is 0 Å². The monoisotopic (exact) mass is 269 g/mol. The van der Waals surface area contributed by atoms with Gasteiger partial charge in [-0.05, 0) is 46.6 Å². The van der Waals surface area contributed by atoms with Gasteiger partial charge in [-0.3, -0.25) is 0 Å². The molecule has 0 bridgehead atoms. The van der Waals surface area contributed by atoms with Crippen molar-refractivity contribution in [2.75, 3.05) is 13.1 Å². The lowest BCUT2D eigenvalue weighted by molar-refractivity contribution is 0.158. The van der Waals surface area contributed by atoms with Crippen molar-refractivity contribution in [1.82, 2.24) is 10.2 Å². The van der Waals surface area contributed by atoms with Gasteiger partial charge in [0.2, 0.25) is 0 Å². The Labute approximate surface area is 118 Å². The summed E-state index contributed by atoms with van der Waals surface area (Å²) in [4.78, 5) is 14.5. The third kappa shape index (κ3) is 6.28. The normalized spacial score (nSPS) is 17.9. The van der Waals surface area contributed by atoms with E-state index in [1.54, 1.807) is 0 Å². The van der Waals surface area contributed by atoms with E-state index in [4.69, 9.17) is 5.73 Å². The summed E-state index contributed by atoms with van der Waals surface area (Å²) in [7, 11) is 0. The van der Waals surface area contributed by atoms with Crippen LogP contribution in [-0.4, -0.2) is 35.6 Å². The van der Waals surface area contributed by atoms with Crippen molar-refractivity contribution in [2.24, 2.45) is 5.73 Å². The highest BCUT2D eigenvalue weighted by atomic mass is 16.2. The Morgan fingerprint density at radius 2 is 1.79 bits per heavy atom. The molecule has 4 heteroatoms. The van der Waals surface area contributed by atoms with Gasteiger partial charge in [-0.15, -0.1) is 0 Å². The van der Waals surface area contributed by atoms with Crippen LogP contribution >= 0.6 is 0 Å². The van der Waals surface area contributed by atoms with Gasteiger partial charge in [0.25, 0.3) is 0 Å². The first-order valence-electron chi connectivity index (χ1n) is 7.73. The van der Waals surface area contributed by atoms with Gasteiger partial charge in [-0.1, -0.05) is 25.7 Å². The van der Waals surface area contributed by atoms with Crippen molar-refractivity contribution in [3.8, 4) is 0 Å². The Hall–Kier alpha value is -0.770. The summed E-state index contributed by atoms with van der Waals surface area (Å²) in [5, 5.41) is 3.09. The van der Waals surface area contributed by atoms with Crippen LogP contribution in [0.4, 0.5) is 4.79 Å². The highest BCUT2D eigenvalue weighted by molar-refractivity contribution is 5.75. The molecule has 112 valence electrons. The Bertz CT molecular complexity index is 265. The summed E-state index contributed by atoms with van der Waals surface area (Å²) in [5.74, 6) is 0. The second kappa shape index (κ2) is 7.73. The van der Waals surface area contributed by atoms with E-state index >= 15 is 0 Å². The third-order valence-corrected chi connectivity index (χ3v) is 3.61. The van der Waals surface area contributed by atoms with E-state index in [-0.39, 0.29) is 11.6 Å². The van der Waals surface area contributed by atoms with Gasteiger partial charge in [0.1, 0.15) is 0 Å². The van der Waals surface area contributed by atoms with E-state index in [0.29, 0.717) is 12.6 Å². The average molecular weight is 269 g/mol. The maximum absolute atomic E-state index is 12.5. The Morgan fingerprint density at radius 3 is 2.26 bits per heavy atom. The number of carbonyl (C=O) groups excluding carboxylic acids is 1. The minimum atomic E-state index is -0.178. The predicted octanol–water partition coefficient (Wildman–Crippen LogP) is 2.87. The van der Waals surface area contributed by atoms with Gasteiger partial charge in [0.05, 0.1) is 0 Å². The number of nitrogens with two attached hydrogens (primary N) is 1. The number of hydrogen-bond acceptors (Lipinski definition) is 2. The Balaban J connectivity index is 2.65. The molecule has 0 radical (unpaired) electrons. The summed E-state index contributed by atoms with van der Waals surface area (Å²) >= 11 is 0. The molecule has 4 nitrogen and oxygen atoms in total. The molecule has 19 heavy (non-hydrogen) atoms. The predicted molar refractivity (Wildman–Crippen MR) is 80.2 cm³/mol. The van der Waals surface area contributed by atoms with Crippen molar-refractivity contribution in [1.29, 1.82) is 0 Å². The van der Waals surface area contributed by atoms with Gasteiger partial charge >= 0.3 is 6.03 Å². The highest BCUT2D eigenvalue weighted by Gasteiger charge is 2.26. The zero-order valence-electron chi connectivity index (χ0n) is 12.9. The molecule has 1 fully saturated rings. The van der Waals surface area contributed by atoms with Gasteiger partial charge < -0.3 is 16.0 Å². The van der Waals surface area contributed by atoms with E-state index < -0.39 is 0 Å². The molecule has 3 N–H and O–H groups in total. The van der Waals surface area contributed by atoms with Crippen molar-refractivity contribution in [3.63, 3.8) is 0 Å². The number of nitrogens with zero attached hydrogens (tertiary/aromatic N) is 1. The van der Waals surface area contributed by atoms with Crippen LogP contribution in [-0.2, 0) is 0 Å². The van der Waals surface area contributed by atoms with E-state index in [2.05, 4.69) is 5.32 Å². The third-order valence-electron chi connectivity index (χ3n) is 3.61. The largest absolute Gasteiger partial charge is 0.333 e. The van der Waals surface area contributed by atoms with E-state index in [0.717, 1.165) is 25.8 Å².